The Morgan fingerprint density at radius 2 is 2.28 bits per heavy atom. The summed E-state index contributed by atoms with van der Waals surface area (Å²) >= 11 is 0. The lowest BCUT2D eigenvalue weighted by molar-refractivity contribution is -0.137. The Balaban J connectivity index is 2.62. The number of ether oxygens (including phenoxy) is 1. The van der Waals surface area contributed by atoms with Gasteiger partial charge in [-0.1, -0.05) is 13.8 Å². The van der Waals surface area contributed by atoms with Crippen LogP contribution >= 0.6 is 0 Å². The normalized spacial score (nSPS) is 11.9. The van der Waals surface area contributed by atoms with Crippen LogP contribution in [-0.4, -0.2) is 33.7 Å². The van der Waals surface area contributed by atoms with E-state index in [0.29, 0.717) is 24.7 Å². The van der Waals surface area contributed by atoms with Gasteiger partial charge in [0, 0.05) is 12.1 Å². The Kier molecular flexibility index (Phi) is 5.90. The second-order valence-corrected chi connectivity index (χ2v) is 3.94. The fourth-order valence-corrected chi connectivity index (χ4v) is 1.42. The first-order valence-electron chi connectivity index (χ1n) is 6.08. The summed E-state index contributed by atoms with van der Waals surface area (Å²) in [5.74, 6) is 0.259. The van der Waals surface area contributed by atoms with E-state index < -0.39 is 5.97 Å². The smallest absolute Gasteiger partial charge is 0.305 e. The van der Waals surface area contributed by atoms with Crippen LogP contribution in [0.2, 0.25) is 0 Å². The van der Waals surface area contributed by atoms with E-state index in [9.17, 15) is 4.79 Å². The molecule has 1 atom stereocenters. The first-order valence-corrected chi connectivity index (χ1v) is 6.08. The molecule has 0 aliphatic heterocycles. The van der Waals surface area contributed by atoms with Gasteiger partial charge in [-0.2, -0.15) is 0 Å². The number of hydrogen-bond acceptors (Lipinski definition) is 5. The molecular formula is C12H19N3O3. The van der Waals surface area contributed by atoms with Crippen LogP contribution in [0.1, 0.15) is 33.1 Å². The van der Waals surface area contributed by atoms with E-state index in [0.717, 1.165) is 6.42 Å². The number of carboxylic acids is 1. The van der Waals surface area contributed by atoms with Crippen LogP contribution in [0.3, 0.4) is 0 Å². The molecule has 1 aromatic heterocycles. The molecule has 0 aromatic carbocycles. The number of aromatic nitrogens is 2. The van der Waals surface area contributed by atoms with Crippen molar-refractivity contribution in [1.82, 2.24) is 9.97 Å². The molecule has 18 heavy (non-hydrogen) atoms. The van der Waals surface area contributed by atoms with Crippen molar-refractivity contribution >= 4 is 11.8 Å². The molecule has 0 fully saturated rings. The van der Waals surface area contributed by atoms with Gasteiger partial charge in [-0.05, 0) is 12.8 Å². The Labute approximate surface area is 106 Å². The molecule has 0 spiro atoms. The predicted octanol–water partition coefficient (Wildman–Crippen LogP) is 1.93. The SMILES string of the molecule is CCCOc1cc(NC(CC)CC(=O)O)ncn1. The number of carbonyl (C=O) groups is 1. The van der Waals surface area contributed by atoms with Gasteiger partial charge >= 0.3 is 5.97 Å². The highest BCUT2D eigenvalue weighted by atomic mass is 16.5. The number of nitrogens with zero attached hydrogens (tertiary/aromatic N) is 2. The molecule has 6 nitrogen and oxygen atoms in total. The van der Waals surface area contributed by atoms with Crippen molar-refractivity contribution < 1.29 is 14.6 Å². The number of rotatable bonds is 8. The van der Waals surface area contributed by atoms with Gasteiger partial charge in [-0.15, -0.1) is 0 Å². The molecule has 1 heterocycles. The highest BCUT2D eigenvalue weighted by molar-refractivity contribution is 5.68. The molecule has 0 saturated carbocycles. The maximum absolute atomic E-state index is 10.7. The summed E-state index contributed by atoms with van der Waals surface area (Å²) < 4.78 is 5.38. The average Bonchev–Trinajstić information content (AvgIpc) is 2.35. The number of hydrogen-bond donors (Lipinski definition) is 2. The van der Waals surface area contributed by atoms with Crippen LogP contribution < -0.4 is 10.1 Å². The van der Waals surface area contributed by atoms with E-state index >= 15 is 0 Å². The van der Waals surface area contributed by atoms with Crippen molar-refractivity contribution in [1.29, 1.82) is 0 Å². The molecule has 0 radical (unpaired) electrons. The fraction of sp³-hybridized carbons (Fsp3) is 0.583. The van der Waals surface area contributed by atoms with Crippen molar-refractivity contribution in [3.8, 4) is 5.88 Å². The number of carboxylic acid groups (broad SMARTS) is 1. The van der Waals surface area contributed by atoms with Gasteiger partial charge in [-0.3, -0.25) is 4.79 Å². The van der Waals surface area contributed by atoms with Crippen LogP contribution in [0.5, 0.6) is 5.88 Å². The van der Waals surface area contributed by atoms with E-state index in [-0.39, 0.29) is 12.5 Å². The van der Waals surface area contributed by atoms with Gasteiger partial charge in [0.25, 0.3) is 0 Å². The molecule has 6 heteroatoms. The quantitative estimate of drug-likeness (QED) is 0.736. The zero-order valence-corrected chi connectivity index (χ0v) is 10.7. The number of nitrogens with one attached hydrogen (secondary N) is 1. The molecule has 0 aliphatic carbocycles. The third-order valence-corrected chi connectivity index (χ3v) is 2.36. The van der Waals surface area contributed by atoms with Crippen LogP contribution in [0.15, 0.2) is 12.4 Å². The van der Waals surface area contributed by atoms with Crippen LogP contribution in [-0.2, 0) is 4.79 Å². The molecule has 0 saturated heterocycles. The lowest BCUT2D eigenvalue weighted by Crippen LogP contribution is -2.22. The lowest BCUT2D eigenvalue weighted by atomic mass is 10.1. The minimum atomic E-state index is -0.828. The highest BCUT2D eigenvalue weighted by Gasteiger charge is 2.11. The van der Waals surface area contributed by atoms with Crippen LogP contribution in [0, 0.1) is 0 Å². The van der Waals surface area contributed by atoms with Crippen LogP contribution in [0.25, 0.3) is 0 Å². The second-order valence-electron chi connectivity index (χ2n) is 3.94. The third kappa shape index (κ3) is 4.99. The van der Waals surface area contributed by atoms with Gasteiger partial charge in [0.1, 0.15) is 12.1 Å². The van der Waals surface area contributed by atoms with Crippen molar-refractivity contribution in [2.45, 2.75) is 39.2 Å². The van der Waals surface area contributed by atoms with E-state index in [1.165, 1.54) is 6.33 Å². The summed E-state index contributed by atoms with van der Waals surface area (Å²) in [5.41, 5.74) is 0. The van der Waals surface area contributed by atoms with Crippen molar-refractivity contribution in [3.05, 3.63) is 12.4 Å². The average molecular weight is 253 g/mol. The summed E-state index contributed by atoms with van der Waals surface area (Å²) in [5, 5.41) is 11.8. The first-order chi connectivity index (χ1) is 8.65. The van der Waals surface area contributed by atoms with E-state index in [4.69, 9.17) is 9.84 Å². The zero-order valence-electron chi connectivity index (χ0n) is 10.7. The molecule has 2 N–H and O–H groups in total. The summed E-state index contributed by atoms with van der Waals surface area (Å²) in [6.07, 6.45) is 3.08. The Morgan fingerprint density at radius 3 is 2.89 bits per heavy atom. The molecular weight excluding hydrogens is 234 g/mol. The number of aliphatic carboxylic acids is 1. The summed E-state index contributed by atoms with van der Waals surface area (Å²) in [6, 6.07) is 1.54. The Morgan fingerprint density at radius 1 is 1.50 bits per heavy atom. The standard InChI is InChI=1S/C12H19N3O3/c1-3-5-18-11-7-10(13-8-14-11)15-9(4-2)6-12(16)17/h7-9H,3-6H2,1-2H3,(H,16,17)(H,13,14,15). The van der Waals surface area contributed by atoms with Gasteiger partial charge in [-0.25, -0.2) is 9.97 Å². The lowest BCUT2D eigenvalue weighted by Gasteiger charge is -2.15. The summed E-state index contributed by atoms with van der Waals surface area (Å²) in [4.78, 5) is 18.7. The molecule has 1 unspecified atom stereocenters. The predicted molar refractivity (Wildman–Crippen MR) is 67.8 cm³/mol. The Bertz CT molecular complexity index is 385. The van der Waals surface area contributed by atoms with Crippen molar-refractivity contribution in [2.24, 2.45) is 0 Å². The van der Waals surface area contributed by atoms with E-state index in [2.05, 4.69) is 15.3 Å². The topological polar surface area (TPSA) is 84.3 Å². The largest absolute Gasteiger partial charge is 0.481 e. The zero-order chi connectivity index (χ0) is 13.4. The van der Waals surface area contributed by atoms with Gasteiger partial charge < -0.3 is 15.2 Å². The first kappa shape index (κ1) is 14.2. The fourth-order valence-electron chi connectivity index (χ4n) is 1.42. The van der Waals surface area contributed by atoms with Crippen molar-refractivity contribution in [3.63, 3.8) is 0 Å². The van der Waals surface area contributed by atoms with Gasteiger partial charge in [0.05, 0.1) is 13.0 Å². The Hall–Kier alpha value is -1.85. The molecule has 0 aliphatic rings. The van der Waals surface area contributed by atoms with Gasteiger partial charge in [0.15, 0.2) is 0 Å². The number of anilines is 1. The van der Waals surface area contributed by atoms with Crippen LogP contribution in [0.4, 0.5) is 5.82 Å². The third-order valence-electron chi connectivity index (χ3n) is 2.36. The highest BCUT2D eigenvalue weighted by Crippen LogP contribution is 2.14. The molecule has 1 rings (SSSR count). The minimum Gasteiger partial charge on any atom is -0.481 e. The maximum atomic E-state index is 10.7. The molecule has 1 aromatic rings. The van der Waals surface area contributed by atoms with Gasteiger partial charge in [0.2, 0.25) is 5.88 Å². The summed E-state index contributed by atoms with van der Waals surface area (Å²) in [6.45, 7) is 4.54. The molecule has 0 bridgehead atoms. The summed E-state index contributed by atoms with van der Waals surface area (Å²) in [7, 11) is 0. The maximum Gasteiger partial charge on any atom is 0.305 e. The van der Waals surface area contributed by atoms with E-state index in [1.54, 1.807) is 6.07 Å². The minimum absolute atomic E-state index is 0.0612. The molecule has 0 amide bonds. The molecule has 100 valence electrons. The van der Waals surface area contributed by atoms with Crippen molar-refractivity contribution in [2.75, 3.05) is 11.9 Å². The van der Waals surface area contributed by atoms with E-state index in [1.807, 2.05) is 13.8 Å². The monoisotopic (exact) mass is 253 g/mol. The second kappa shape index (κ2) is 7.47.